The quantitative estimate of drug-likeness (QED) is 0.779. The fourth-order valence-electron chi connectivity index (χ4n) is 2.99. The van der Waals surface area contributed by atoms with E-state index in [9.17, 15) is 9.90 Å². The summed E-state index contributed by atoms with van der Waals surface area (Å²) in [6.45, 7) is 5.91. The number of benzene rings is 1. The van der Waals surface area contributed by atoms with Crippen LogP contribution < -0.4 is 5.32 Å². The summed E-state index contributed by atoms with van der Waals surface area (Å²) in [6.07, 6.45) is 2.39. The van der Waals surface area contributed by atoms with Crippen LogP contribution in [0, 0.1) is 0 Å². The summed E-state index contributed by atoms with van der Waals surface area (Å²) in [5.41, 5.74) is 3.19. The average Bonchev–Trinajstić information content (AvgIpc) is 2.81. The molecule has 0 amide bonds. The molecular formula is C17H25NO3. The summed E-state index contributed by atoms with van der Waals surface area (Å²) in [7, 11) is 0. The maximum absolute atomic E-state index is 11.1. The Hall–Kier alpha value is -1.39. The standard InChI is InChI=1S/C17H25NO3/c1-17(2,3)18-14(10-15(19)20)16(21)13-8-7-11-5-4-6-12(11)9-13/h7-9,14,16,18,21H,4-6,10H2,1-3H3,(H,19,20). The molecule has 0 heterocycles. The fourth-order valence-corrected chi connectivity index (χ4v) is 2.99. The maximum atomic E-state index is 11.1. The van der Waals surface area contributed by atoms with Crippen LogP contribution in [0.5, 0.6) is 0 Å². The number of aliphatic hydroxyl groups excluding tert-OH is 1. The van der Waals surface area contributed by atoms with E-state index in [1.54, 1.807) is 0 Å². The predicted octanol–water partition coefficient (Wildman–Crippen LogP) is 2.44. The third kappa shape index (κ3) is 4.29. The van der Waals surface area contributed by atoms with Crippen LogP contribution in [0.25, 0.3) is 0 Å². The lowest BCUT2D eigenvalue weighted by molar-refractivity contribution is -0.138. The van der Waals surface area contributed by atoms with Crippen molar-refractivity contribution in [3.8, 4) is 0 Å². The van der Waals surface area contributed by atoms with Crippen LogP contribution in [0.3, 0.4) is 0 Å². The topological polar surface area (TPSA) is 69.6 Å². The monoisotopic (exact) mass is 291 g/mol. The Bertz CT molecular complexity index is 519. The molecule has 0 radical (unpaired) electrons. The van der Waals surface area contributed by atoms with Crippen LogP contribution in [0.1, 0.15) is 56.4 Å². The highest BCUT2D eigenvalue weighted by Gasteiger charge is 2.28. The van der Waals surface area contributed by atoms with Gasteiger partial charge in [-0.15, -0.1) is 0 Å². The second kappa shape index (κ2) is 6.16. The van der Waals surface area contributed by atoms with Crippen molar-refractivity contribution in [1.29, 1.82) is 0 Å². The van der Waals surface area contributed by atoms with Gasteiger partial charge in [-0.25, -0.2) is 0 Å². The molecule has 1 aliphatic rings. The number of hydrogen-bond donors (Lipinski definition) is 3. The van der Waals surface area contributed by atoms with Crippen LogP contribution in [0.2, 0.25) is 0 Å². The minimum absolute atomic E-state index is 0.102. The molecule has 2 unspecified atom stereocenters. The van der Waals surface area contributed by atoms with Crippen LogP contribution in [-0.2, 0) is 17.6 Å². The first-order chi connectivity index (χ1) is 9.76. The lowest BCUT2D eigenvalue weighted by atomic mass is 9.94. The van der Waals surface area contributed by atoms with Gasteiger partial charge >= 0.3 is 5.97 Å². The normalized spacial score (nSPS) is 17.3. The summed E-state index contributed by atoms with van der Waals surface area (Å²) in [5.74, 6) is -0.906. The number of aliphatic carboxylic acids is 1. The summed E-state index contributed by atoms with van der Waals surface area (Å²) < 4.78 is 0. The summed E-state index contributed by atoms with van der Waals surface area (Å²) >= 11 is 0. The van der Waals surface area contributed by atoms with Crippen molar-refractivity contribution in [2.75, 3.05) is 0 Å². The zero-order valence-electron chi connectivity index (χ0n) is 13.0. The molecule has 0 spiro atoms. The zero-order chi connectivity index (χ0) is 15.6. The van der Waals surface area contributed by atoms with Crippen LogP contribution in [0.15, 0.2) is 18.2 Å². The zero-order valence-corrected chi connectivity index (χ0v) is 13.0. The Morgan fingerprint density at radius 1 is 1.29 bits per heavy atom. The third-order valence-electron chi connectivity index (χ3n) is 3.86. The van der Waals surface area contributed by atoms with Crippen molar-refractivity contribution in [3.63, 3.8) is 0 Å². The molecule has 116 valence electrons. The van der Waals surface area contributed by atoms with E-state index in [4.69, 9.17) is 5.11 Å². The van der Waals surface area contributed by atoms with Gasteiger partial charge in [0.15, 0.2) is 0 Å². The van der Waals surface area contributed by atoms with Crippen molar-refractivity contribution >= 4 is 5.97 Å². The van der Waals surface area contributed by atoms with Crippen LogP contribution in [0.4, 0.5) is 0 Å². The van der Waals surface area contributed by atoms with Gasteiger partial charge in [-0.1, -0.05) is 18.2 Å². The van der Waals surface area contributed by atoms with Gasteiger partial charge in [0.2, 0.25) is 0 Å². The molecule has 0 fully saturated rings. The van der Waals surface area contributed by atoms with Crippen LogP contribution >= 0.6 is 0 Å². The lowest BCUT2D eigenvalue weighted by Crippen LogP contribution is -2.47. The SMILES string of the molecule is CC(C)(C)NC(CC(=O)O)C(O)c1ccc2c(c1)CCC2. The van der Waals surface area contributed by atoms with Crippen molar-refractivity contribution in [1.82, 2.24) is 5.32 Å². The van der Waals surface area contributed by atoms with Crippen LogP contribution in [-0.4, -0.2) is 27.8 Å². The Morgan fingerprint density at radius 3 is 2.57 bits per heavy atom. The molecule has 1 aliphatic carbocycles. The molecule has 2 rings (SSSR count). The molecule has 3 N–H and O–H groups in total. The molecule has 0 bridgehead atoms. The first kappa shape index (κ1) is 16.0. The molecular weight excluding hydrogens is 266 g/mol. The minimum Gasteiger partial charge on any atom is -0.481 e. The number of carbonyl (C=O) groups is 1. The van der Waals surface area contributed by atoms with Gasteiger partial charge in [0, 0.05) is 11.6 Å². The Morgan fingerprint density at radius 2 is 1.95 bits per heavy atom. The van der Waals surface area contributed by atoms with Gasteiger partial charge in [0.05, 0.1) is 12.5 Å². The van der Waals surface area contributed by atoms with E-state index in [0.29, 0.717) is 0 Å². The fraction of sp³-hybridized carbons (Fsp3) is 0.588. The molecule has 1 aromatic carbocycles. The second-order valence-electron chi connectivity index (χ2n) is 6.93. The van der Waals surface area contributed by atoms with Gasteiger partial charge in [0.1, 0.15) is 0 Å². The van der Waals surface area contributed by atoms with E-state index in [1.165, 1.54) is 11.1 Å². The molecule has 4 heteroatoms. The largest absolute Gasteiger partial charge is 0.481 e. The Labute approximate surface area is 126 Å². The van der Waals surface area contributed by atoms with E-state index in [-0.39, 0.29) is 12.0 Å². The van der Waals surface area contributed by atoms with Gasteiger partial charge in [-0.2, -0.15) is 0 Å². The number of nitrogens with one attached hydrogen (secondary N) is 1. The number of aryl methyl sites for hydroxylation is 2. The average molecular weight is 291 g/mol. The second-order valence-corrected chi connectivity index (χ2v) is 6.93. The van der Waals surface area contributed by atoms with E-state index >= 15 is 0 Å². The van der Waals surface area contributed by atoms with Gasteiger partial charge < -0.3 is 15.5 Å². The van der Waals surface area contributed by atoms with E-state index in [0.717, 1.165) is 24.8 Å². The molecule has 0 aromatic heterocycles. The maximum Gasteiger partial charge on any atom is 0.305 e. The molecule has 4 nitrogen and oxygen atoms in total. The smallest absolute Gasteiger partial charge is 0.305 e. The van der Waals surface area contributed by atoms with Crippen molar-refractivity contribution in [3.05, 3.63) is 34.9 Å². The van der Waals surface area contributed by atoms with Crippen molar-refractivity contribution < 1.29 is 15.0 Å². The van der Waals surface area contributed by atoms with E-state index < -0.39 is 18.1 Å². The number of rotatable bonds is 5. The van der Waals surface area contributed by atoms with Crippen molar-refractivity contribution in [2.45, 2.75) is 64.1 Å². The number of fused-ring (bicyclic) bond motifs is 1. The lowest BCUT2D eigenvalue weighted by Gasteiger charge is -2.31. The summed E-state index contributed by atoms with van der Waals surface area (Å²) in [5, 5.41) is 22.9. The summed E-state index contributed by atoms with van der Waals surface area (Å²) in [6, 6.07) is 5.53. The minimum atomic E-state index is -0.906. The van der Waals surface area contributed by atoms with Gasteiger partial charge in [-0.05, 0) is 56.7 Å². The number of hydrogen-bond acceptors (Lipinski definition) is 3. The highest BCUT2D eigenvalue weighted by Crippen LogP contribution is 2.28. The van der Waals surface area contributed by atoms with E-state index in [2.05, 4.69) is 11.4 Å². The van der Waals surface area contributed by atoms with Crippen molar-refractivity contribution in [2.24, 2.45) is 0 Å². The summed E-state index contributed by atoms with van der Waals surface area (Å²) in [4.78, 5) is 11.1. The number of carboxylic acids is 1. The first-order valence-corrected chi connectivity index (χ1v) is 7.55. The third-order valence-corrected chi connectivity index (χ3v) is 3.86. The Balaban J connectivity index is 2.20. The molecule has 0 aliphatic heterocycles. The molecule has 21 heavy (non-hydrogen) atoms. The first-order valence-electron chi connectivity index (χ1n) is 7.55. The van der Waals surface area contributed by atoms with Gasteiger partial charge in [-0.3, -0.25) is 4.79 Å². The molecule has 0 saturated carbocycles. The Kier molecular flexibility index (Phi) is 4.69. The molecule has 2 atom stereocenters. The predicted molar refractivity (Wildman–Crippen MR) is 82.4 cm³/mol. The number of aliphatic hydroxyl groups is 1. The number of carboxylic acid groups (broad SMARTS) is 1. The molecule has 0 saturated heterocycles. The van der Waals surface area contributed by atoms with Gasteiger partial charge in [0.25, 0.3) is 0 Å². The van der Waals surface area contributed by atoms with E-state index in [1.807, 2.05) is 32.9 Å². The highest BCUT2D eigenvalue weighted by molar-refractivity contribution is 5.67. The highest BCUT2D eigenvalue weighted by atomic mass is 16.4. The molecule has 1 aromatic rings.